The summed E-state index contributed by atoms with van der Waals surface area (Å²) < 4.78 is 9.27. The van der Waals surface area contributed by atoms with Gasteiger partial charge in [-0.15, -0.1) is 0 Å². The Morgan fingerprint density at radius 1 is 1.35 bits per heavy atom. The average Bonchev–Trinajstić information content (AvgIpc) is 2.94. The number of hydrogen-bond donors (Lipinski definition) is 4. The highest BCUT2D eigenvalue weighted by molar-refractivity contribution is 7.03. The van der Waals surface area contributed by atoms with Crippen LogP contribution in [0.2, 0.25) is 0 Å². The second kappa shape index (κ2) is 10.7. The highest BCUT2D eigenvalue weighted by Crippen LogP contribution is 2.08. The molecule has 0 aliphatic rings. The quantitative estimate of drug-likeness (QED) is 0.538. The maximum atomic E-state index is 9.60. The molecule has 0 amide bonds. The van der Waals surface area contributed by atoms with Crippen LogP contribution in [0.4, 0.5) is 0 Å². The fourth-order valence-electron chi connectivity index (χ4n) is 1.08. The van der Waals surface area contributed by atoms with Crippen molar-refractivity contribution in [1.82, 2.24) is 9.69 Å². The molecule has 0 spiro atoms. The number of nitrogens with one attached hydrogen (secondary N) is 1. The number of carboxylic acids is 2. The van der Waals surface area contributed by atoms with Gasteiger partial charge in [-0.05, 0) is 32.3 Å². The van der Waals surface area contributed by atoms with Crippen LogP contribution in [-0.4, -0.2) is 56.4 Å². The SMILES string of the molecule is CC(C)(C)NC[C@H](O)COc1ccsn1.O=C(O)/C=C\C(=O)O. The van der Waals surface area contributed by atoms with Gasteiger partial charge in [-0.1, -0.05) is 0 Å². The first-order valence-electron chi connectivity index (χ1n) is 6.70. The van der Waals surface area contributed by atoms with E-state index in [1.807, 2.05) is 5.38 Å². The average molecular weight is 346 g/mol. The maximum absolute atomic E-state index is 9.60. The fraction of sp³-hybridized carbons (Fsp3) is 0.500. The molecule has 0 bridgehead atoms. The van der Waals surface area contributed by atoms with Crippen molar-refractivity contribution < 1.29 is 29.6 Å². The summed E-state index contributed by atoms with van der Waals surface area (Å²) in [5.74, 6) is -1.94. The number of β-amino-alcohol motifs (C(OH)–C–C–N with tert-alkyl or cyclic N) is 1. The van der Waals surface area contributed by atoms with Crippen LogP contribution in [0.5, 0.6) is 5.88 Å². The van der Waals surface area contributed by atoms with Crippen LogP contribution in [0.25, 0.3) is 0 Å². The zero-order valence-corrected chi connectivity index (χ0v) is 14.0. The van der Waals surface area contributed by atoms with E-state index in [0.29, 0.717) is 24.6 Å². The third-order valence-electron chi connectivity index (χ3n) is 2.07. The topological polar surface area (TPSA) is 129 Å². The molecule has 1 heterocycles. The molecule has 9 heteroatoms. The van der Waals surface area contributed by atoms with Gasteiger partial charge in [0.15, 0.2) is 0 Å². The van der Waals surface area contributed by atoms with Crippen LogP contribution in [0.1, 0.15) is 20.8 Å². The zero-order chi connectivity index (χ0) is 17.9. The Hall–Kier alpha value is -1.97. The van der Waals surface area contributed by atoms with Crippen LogP contribution >= 0.6 is 11.5 Å². The molecule has 1 rings (SSSR count). The molecular formula is C14H22N2O6S. The summed E-state index contributed by atoms with van der Waals surface area (Å²) in [7, 11) is 0. The number of aliphatic hydroxyl groups excluding tert-OH is 1. The van der Waals surface area contributed by atoms with Crippen LogP contribution < -0.4 is 10.1 Å². The third-order valence-corrected chi connectivity index (χ3v) is 2.62. The van der Waals surface area contributed by atoms with Crippen molar-refractivity contribution in [3.05, 3.63) is 23.6 Å². The van der Waals surface area contributed by atoms with Crippen LogP contribution in [0.15, 0.2) is 23.6 Å². The van der Waals surface area contributed by atoms with E-state index in [1.165, 1.54) is 11.5 Å². The van der Waals surface area contributed by atoms with E-state index >= 15 is 0 Å². The van der Waals surface area contributed by atoms with Gasteiger partial charge in [-0.2, -0.15) is 4.37 Å². The van der Waals surface area contributed by atoms with Crippen molar-refractivity contribution in [2.24, 2.45) is 0 Å². The monoisotopic (exact) mass is 346 g/mol. The minimum atomic E-state index is -1.26. The lowest BCUT2D eigenvalue weighted by Crippen LogP contribution is -2.42. The molecule has 0 aliphatic heterocycles. The first kappa shape index (κ1) is 21.0. The lowest BCUT2D eigenvalue weighted by atomic mass is 10.1. The predicted molar refractivity (Wildman–Crippen MR) is 85.8 cm³/mol. The van der Waals surface area contributed by atoms with Gasteiger partial charge in [0.2, 0.25) is 5.88 Å². The van der Waals surface area contributed by atoms with Gasteiger partial charge in [-0.25, -0.2) is 9.59 Å². The molecule has 0 saturated carbocycles. The second-order valence-corrected chi connectivity index (χ2v) is 6.11. The van der Waals surface area contributed by atoms with E-state index in [0.717, 1.165) is 0 Å². The number of nitrogens with zero attached hydrogens (tertiary/aromatic N) is 1. The fourth-order valence-corrected chi connectivity index (χ4v) is 1.54. The standard InChI is InChI=1S/C10H18N2O2S.C4H4O4/c1-10(2,3)11-6-8(13)7-14-9-4-5-15-12-9;5-3(6)1-2-4(7)8/h4-5,8,11,13H,6-7H2,1-3H3;1-2H,(H,5,6)(H,7,8)/b;2-1-/t8-;/m0./s1. The summed E-state index contributed by atoms with van der Waals surface area (Å²) in [6, 6.07) is 1.79. The summed E-state index contributed by atoms with van der Waals surface area (Å²) in [5.41, 5.74) is 0.0155. The highest BCUT2D eigenvalue weighted by atomic mass is 32.1. The summed E-state index contributed by atoms with van der Waals surface area (Å²) in [6.07, 6.45) is 0.607. The minimum Gasteiger partial charge on any atom is -0.478 e. The summed E-state index contributed by atoms with van der Waals surface area (Å²) in [4.78, 5) is 19.1. The summed E-state index contributed by atoms with van der Waals surface area (Å²) >= 11 is 1.34. The number of carbonyl (C=O) groups is 2. The minimum absolute atomic E-state index is 0.0155. The van der Waals surface area contributed by atoms with Crippen molar-refractivity contribution in [3.63, 3.8) is 0 Å². The molecule has 130 valence electrons. The Balaban J connectivity index is 0.000000515. The van der Waals surface area contributed by atoms with Crippen molar-refractivity contribution in [2.45, 2.75) is 32.4 Å². The smallest absolute Gasteiger partial charge is 0.328 e. The van der Waals surface area contributed by atoms with Crippen molar-refractivity contribution in [1.29, 1.82) is 0 Å². The van der Waals surface area contributed by atoms with Crippen molar-refractivity contribution in [2.75, 3.05) is 13.2 Å². The van der Waals surface area contributed by atoms with Gasteiger partial charge >= 0.3 is 11.9 Å². The van der Waals surface area contributed by atoms with E-state index in [9.17, 15) is 14.7 Å². The molecule has 23 heavy (non-hydrogen) atoms. The lowest BCUT2D eigenvalue weighted by molar-refractivity contribution is -0.134. The first-order chi connectivity index (χ1) is 10.6. The Labute approximate surface area is 138 Å². The van der Waals surface area contributed by atoms with Crippen LogP contribution in [0.3, 0.4) is 0 Å². The van der Waals surface area contributed by atoms with Gasteiger partial charge in [0, 0.05) is 35.7 Å². The Morgan fingerprint density at radius 3 is 2.30 bits per heavy atom. The van der Waals surface area contributed by atoms with Gasteiger partial charge in [0.05, 0.1) is 0 Å². The van der Waals surface area contributed by atoms with E-state index in [2.05, 4.69) is 30.5 Å². The molecule has 4 N–H and O–H groups in total. The normalized spacial score (nSPS) is 12.3. The lowest BCUT2D eigenvalue weighted by Gasteiger charge is -2.22. The second-order valence-electron chi connectivity index (χ2n) is 5.44. The molecule has 0 radical (unpaired) electrons. The van der Waals surface area contributed by atoms with Crippen molar-refractivity contribution >= 4 is 23.5 Å². The van der Waals surface area contributed by atoms with Gasteiger partial charge in [0.25, 0.3) is 0 Å². The molecule has 1 atom stereocenters. The molecule has 0 unspecified atom stereocenters. The van der Waals surface area contributed by atoms with Crippen LogP contribution in [-0.2, 0) is 9.59 Å². The molecule has 1 aromatic rings. The number of aliphatic hydroxyl groups is 1. The van der Waals surface area contributed by atoms with Gasteiger partial charge in [0.1, 0.15) is 12.7 Å². The van der Waals surface area contributed by atoms with E-state index in [-0.39, 0.29) is 12.1 Å². The van der Waals surface area contributed by atoms with E-state index in [4.69, 9.17) is 14.9 Å². The van der Waals surface area contributed by atoms with Gasteiger partial charge < -0.3 is 25.4 Å². The number of rotatable bonds is 7. The summed E-state index contributed by atoms with van der Waals surface area (Å²) in [5, 5.41) is 30.3. The van der Waals surface area contributed by atoms with Crippen molar-refractivity contribution in [3.8, 4) is 5.88 Å². The highest BCUT2D eigenvalue weighted by Gasteiger charge is 2.12. The number of hydrogen-bond acceptors (Lipinski definition) is 7. The number of carboxylic acid groups (broad SMARTS) is 2. The zero-order valence-electron chi connectivity index (χ0n) is 13.2. The molecule has 0 aliphatic carbocycles. The Bertz CT molecular complexity index is 480. The van der Waals surface area contributed by atoms with E-state index in [1.54, 1.807) is 6.07 Å². The number of ether oxygens (including phenoxy) is 1. The third kappa shape index (κ3) is 14.7. The molecule has 1 aromatic heterocycles. The predicted octanol–water partition coefficient (Wildman–Crippen LogP) is 0.983. The summed E-state index contributed by atoms with van der Waals surface area (Å²) in [6.45, 7) is 6.96. The maximum Gasteiger partial charge on any atom is 0.328 e. The molecule has 8 nitrogen and oxygen atoms in total. The molecule has 0 saturated heterocycles. The number of aromatic nitrogens is 1. The Morgan fingerprint density at radius 2 is 1.91 bits per heavy atom. The molecule has 0 fully saturated rings. The first-order valence-corrected chi connectivity index (χ1v) is 7.54. The van der Waals surface area contributed by atoms with Crippen LogP contribution in [0, 0.1) is 0 Å². The molecular weight excluding hydrogens is 324 g/mol. The molecule has 0 aromatic carbocycles. The number of aliphatic carboxylic acids is 2. The van der Waals surface area contributed by atoms with E-state index < -0.39 is 18.0 Å². The van der Waals surface area contributed by atoms with Gasteiger partial charge in [-0.3, -0.25) is 0 Å². The Kier molecular flexibility index (Phi) is 9.79. The largest absolute Gasteiger partial charge is 0.478 e.